The Bertz CT molecular complexity index is 1380. The molecule has 0 bridgehead atoms. The molecule has 0 spiro atoms. The van der Waals surface area contributed by atoms with Crippen LogP contribution in [0.1, 0.15) is 18.4 Å². The fourth-order valence-electron chi connectivity index (χ4n) is 4.87. The van der Waals surface area contributed by atoms with Gasteiger partial charge in [-0.1, -0.05) is 12.1 Å². The highest BCUT2D eigenvalue weighted by Crippen LogP contribution is 2.36. The van der Waals surface area contributed by atoms with Gasteiger partial charge in [0.05, 0.1) is 30.7 Å². The molecular weight excluding hydrogens is 490 g/mol. The summed E-state index contributed by atoms with van der Waals surface area (Å²) in [5, 5.41) is 7.13. The van der Waals surface area contributed by atoms with Gasteiger partial charge in [0, 0.05) is 61.1 Å². The van der Waals surface area contributed by atoms with Crippen LogP contribution in [0.5, 0.6) is 0 Å². The molecule has 3 heterocycles. The molecule has 5 rings (SSSR count). The maximum absolute atomic E-state index is 13.5. The molecule has 2 aliphatic rings. The van der Waals surface area contributed by atoms with Crippen molar-refractivity contribution in [3.8, 4) is 11.3 Å². The van der Waals surface area contributed by atoms with E-state index in [0.29, 0.717) is 32.3 Å². The number of benzene rings is 2. The van der Waals surface area contributed by atoms with E-state index in [1.807, 2.05) is 6.07 Å². The van der Waals surface area contributed by atoms with Crippen LogP contribution in [0.4, 0.5) is 5.69 Å². The molecule has 2 fully saturated rings. The number of hydrogen-bond acceptors (Lipinski definition) is 6. The number of hydrogen-bond donors (Lipinski definition) is 3. The molecule has 0 saturated carbocycles. The minimum Gasteiger partial charge on any atom is -0.378 e. The maximum atomic E-state index is 13.5. The Hall–Kier alpha value is -2.92. The van der Waals surface area contributed by atoms with Crippen molar-refractivity contribution in [1.82, 2.24) is 19.9 Å². The summed E-state index contributed by atoms with van der Waals surface area (Å²) in [5.74, 6) is -0.336. The van der Waals surface area contributed by atoms with Crippen molar-refractivity contribution < 1.29 is 17.9 Å². The molecule has 0 radical (unpaired) electrons. The molecule has 37 heavy (non-hydrogen) atoms. The highest BCUT2D eigenvalue weighted by atomic mass is 32.2. The van der Waals surface area contributed by atoms with Crippen molar-refractivity contribution >= 4 is 32.5 Å². The number of ether oxygens (including phenoxy) is 1. The van der Waals surface area contributed by atoms with E-state index in [2.05, 4.69) is 51.7 Å². The Morgan fingerprint density at radius 1 is 1.11 bits per heavy atom. The molecule has 198 valence electrons. The zero-order valence-corrected chi connectivity index (χ0v) is 22.2. The number of aromatic nitrogens is 1. The number of aryl methyl sites for hydroxylation is 1. The minimum atomic E-state index is -3.87. The standard InChI is InChI=1S/C27H35N5O4S/c1-19-5-6-20-14-25(30-24(20)13-19)23-15-22(7-8-26(23)32-11-3-4-12-32)37(34,35)31(2)16-27(33)29-10-9-28-21-17-36-18-21/h5-8,13-15,21,28,30H,3-4,9-12,16-18H2,1-2H3,(H,29,33). The molecule has 3 aromatic rings. The molecule has 0 aliphatic carbocycles. The van der Waals surface area contributed by atoms with Gasteiger partial charge in [-0.25, -0.2) is 8.42 Å². The van der Waals surface area contributed by atoms with Crippen LogP contribution in [-0.2, 0) is 19.6 Å². The monoisotopic (exact) mass is 525 g/mol. The quantitative estimate of drug-likeness (QED) is 0.351. The third kappa shape index (κ3) is 5.67. The highest BCUT2D eigenvalue weighted by Gasteiger charge is 2.26. The number of aromatic amines is 1. The summed E-state index contributed by atoms with van der Waals surface area (Å²) in [6, 6.07) is 13.9. The number of sulfonamides is 1. The zero-order chi connectivity index (χ0) is 26.0. The van der Waals surface area contributed by atoms with Gasteiger partial charge in [-0.2, -0.15) is 4.31 Å². The fraction of sp³-hybridized carbons (Fsp3) is 0.444. The van der Waals surface area contributed by atoms with Crippen molar-refractivity contribution in [2.45, 2.75) is 30.7 Å². The molecule has 2 saturated heterocycles. The van der Waals surface area contributed by atoms with Crippen LogP contribution >= 0.6 is 0 Å². The number of rotatable bonds is 10. The summed E-state index contributed by atoms with van der Waals surface area (Å²) in [5.41, 5.74) is 4.92. The van der Waals surface area contributed by atoms with E-state index in [0.717, 1.165) is 63.6 Å². The van der Waals surface area contributed by atoms with Crippen molar-refractivity contribution in [2.75, 3.05) is 57.9 Å². The van der Waals surface area contributed by atoms with Gasteiger partial charge >= 0.3 is 0 Å². The SMILES string of the molecule is Cc1ccc2cc(-c3cc(S(=O)(=O)N(C)CC(=O)NCCNC4COC4)ccc3N3CCCC3)[nH]c2c1. The summed E-state index contributed by atoms with van der Waals surface area (Å²) in [4.78, 5) is 18.4. The van der Waals surface area contributed by atoms with E-state index >= 15 is 0 Å². The lowest BCUT2D eigenvalue weighted by atomic mass is 10.1. The minimum absolute atomic E-state index is 0.169. The average Bonchev–Trinajstić information content (AvgIpc) is 3.52. The van der Waals surface area contributed by atoms with Crippen LogP contribution in [0.3, 0.4) is 0 Å². The Labute approximate surface area is 218 Å². The lowest BCUT2D eigenvalue weighted by molar-refractivity contribution is -0.121. The van der Waals surface area contributed by atoms with E-state index in [9.17, 15) is 13.2 Å². The van der Waals surface area contributed by atoms with Gasteiger partial charge in [-0.15, -0.1) is 0 Å². The number of anilines is 1. The number of carbonyl (C=O) groups excluding carboxylic acids is 1. The first-order valence-corrected chi connectivity index (χ1v) is 14.3. The predicted octanol–water partition coefficient (Wildman–Crippen LogP) is 2.47. The second kappa shape index (κ2) is 10.8. The van der Waals surface area contributed by atoms with E-state index in [-0.39, 0.29) is 17.3 Å². The van der Waals surface area contributed by atoms with E-state index < -0.39 is 10.0 Å². The second-order valence-electron chi connectivity index (χ2n) is 9.95. The van der Waals surface area contributed by atoms with Gasteiger partial charge in [-0.05, 0) is 55.7 Å². The van der Waals surface area contributed by atoms with Crippen LogP contribution in [0, 0.1) is 6.92 Å². The Balaban J connectivity index is 1.36. The molecule has 1 aromatic heterocycles. The third-order valence-corrected chi connectivity index (χ3v) is 8.87. The number of H-pyrrole nitrogens is 1. The Morgan fingerprint density at radius 2 is 1.89 bits per heavy atom. The molecule has 10 heteroatoms. The van der Waals surface area contributed by atoms with Crippen molar-refractivity contribution in [1.29, 1.82) is 0 Å². The lowest BCUT2D eigenvalue weighted by Gasteiger charge is -2.27. The summed E-state index contributed by atoms with van der Waals surface area (Å²) < 4.78 is 33.1. The summed E-state index contributed by atoms with van der Waals surface area (Å²) in [7, 11) is -2.43. The second-order valence-corrected chi connectivity index (χ2v) is 12.0. The molecule has 0 atom stereocenters. The third-order valence-electron chi connectivity index (χ3n) is 7.08. The van der Waals surface area contributed by atoms with Crippen LogP contribution in [0.15, 0.2) is 47.4 Å². The highest BCUT2D eigenvalue weighted by molar-refractivity contribution is 7.89. The van der Waals surface area contributed by atoms with E-state index in [4.69, 9.17) is 4.74 Å². The number of nitrogens with zero attached hydrogens (tertiary/aromatic N) is 2. The zero-order valence-electron chi connectivity index (χ0n) is 21.4. The Kier molecular flexibility index (Phi) is 7.52. The molecule has 1 amide bonds. The number of fused-ring (bicyclic) bond motifs is 1. The number of likely N-dealkylation sites (N-methyl/N-ethyl adjacent to an activating group) is 1. The number of amides is 1. The van der Waals surface area contributed by atoms with Crippen LogP contribution in [0.2, 0.25) is 0 Å². The van der Waals surface area contributed by atoms with Crippen LogP contribution in [-0.4, -0.2) is 82.6 Å². The Morgan fingerprint density at radius 3 is 2.62 bits per heavy atom. The summed E-state index contributed by atoms with van der Waals surface area (Å²) >= 11 is 0. The van der Waals surface area contributed by atoms with Gasteiger partial charge in [-0.3, -0.25) is 4.79 Å². The topological polar surface area (TPSA) is 107 Å². The molecular formula is C27H35N5O4S. The number of nitrogens with one attached hydrogen (secondary N) is 3. The van der Waals surface area contributed by atoms with Crippen molar-refractivity contribution in [3.63, 3.8) is 0 Å². The van der Waals surface area contributed by atoms with Crippen LogP contribution in [0.25, 0.3) is 22.2 Å². The van der Waals surface area contributed by atoms with Gasteiger partial charge in [0.1, 0.15) is 0 Å². The molecule has 2 aromatic carbocycles. The largest absolute Gasteiger partial charge is 0.378 e. The van der Waals surface area contributed by atoms with Gasteiger partial charge in [0.15, 0.2) is 0 Å². The average molecular weight is 526 g/mol. The van der Waals surface area contributed by atoms with Crippen molar-refractivity contribution in [3.05, 3.63) is 48.0 Å². The fourth-order valence-corrected chi connectivity index (χ4v) is 6.02. The first-order chi connectivity index (χ1) is 17.8. The molecule has 3 N–H and O–H groups in total. The first kappa shape index (κ1) is 25.7. The summed E-state index contributed by atoms with van der Waals surface area (Å²) in [6.45, 7) is 6.11. The van der Waals surface area contributed by atoms with Gasteiger partial charge < -0.3 is 25.3 Å². The van der Waals surface area contributed by atoms with Crippen molar-refractivity contribution in [2.24, 2.45) is 0 Å². The summed E-state index contributed by atoms with van der Waals surface area (Å²) in [6.07, 6.45) is 2.24. The normalized spacial score (nSPS) is 16.5. The van der Waals surface area contributed by atoms with Gasteiger partial charge in [0.2, 0.25) is 15.9 Å². The molecule has 9 nitrogen and oxygen atoms in total. The predicted molar refractivity (Wildman–Crippen MR) is 145 cm³/mol. The smallest absolute Gasteiger partial charge is 0.243 e. The van der Waals surface area contributed by atoms with E-state index in [1.165, 1.54) is 7.05 Å². The van der Waals surface area contributed by atoms with E-state index in [1.54, 1.807) is 12.1 Å². The molecule has 2 aliphatic heterocycles. The maximum Gasteiger partial charge on any atom is 0.243 e. The first-order valence-electron chi connectivity index (χ1n) is 12.8. The van der Waals surface area contributed by atoms with Crippen LogP contribution < -0.4 is 15.5 Å². The molecule has 0 unspecified atom stereocenters. The number of carbonyl (C=O) groups is 1. The van der Waals surface area contributed by atoms with Gasteiger partial charge in [0.25, 0.3) is 0 Å². The lowest BCUT2D eigenvalue weighted by Crippen LogP contribution is -2.48.